The summed E-state index contributed by atoms with van der Waals surface area (Å²) in [5, 5.41) is 22.7. The van der Waals surface area contributed by atoms with Crippen LogP contribution in [0.5, 0.6) is 0 Å². The number of rotatable bonds is 8. The van der Waals surface area contributed by atoms with Gasteiger partial charge in [0.2, 0.25) is 0 Å². The first kappa shape index (κ1) is 16.2. The molecule has 118 valence electrons. The number of hydrogen-bond donors (Lipinski definition) is 3. The minimum atomic E-state index is -0.468. The molecule has 1 aliphatic heterocycles. The van der Waals surface area contributed by atoms with Crippen LogP contribution in [-0.2, 0) is 9.47 Å². The molecule has 2 fully saturated rings. The quantitative estimate of drug-likeness (QED) is 0.612. The zero-order valence-corrected chi connectivity index (χ0v) is 12.3. The van der Waals surface area contributed by atoms with E-state index in [4.69, 9.17) is 9.47 Å². The van der Waals surface area contributed by atoms with Crippen LogP contribution >= 0.6 is 0 Å². The van der Waals surface area contributed by atoms with Gasteiger partial charge >= 0.3 is 0 Å². The van der Waals surface area contributed by atoms with Crippen molar-refractivity contribution in [3.8, 4) is 0 Å². The van der Waals surface area contributed by atoms with Gasteiger partial charge in [-0.3, -0.25) is 0 Å². The monoisotopic (exact) mass is 287 g/mol. The minimum Gasteiger partial charge on any atom is -0.393 e. The molecule has 1 saturated heterocycles. The summed E-state index contributed by atoms with van der Waals surface area (Å²) in [5.41, 5.74) is 0. The highest BCUT2D eigenvalue weighted by atomic mass is 16.5. The lowest BCUT2D eigenvalue weighted by atomic mass is 9.87. The maximum Gasteiger partial charge on any atom is 0.0897 e. The van der Waals surface area contributed by atoms with Crippen LogP contribution in [-0.4, -0.2) is 61.4 Å². The average molecular weight is 287 g/mol. The molecule has 0 aromatic heterocycles. The highest BCUT2D eigenvalue weighted by Gasteiger charge is 2.20. The van der Waals surface area contributed by atoms with Gasteiger partial charge in [-0.2, -0.15) is 0 Å². The van der Waals surface area contributed by atoms with Crippen molar-refractivity contribution < 1.29 is 19.7 Å². The van der Waals surface area contributed by atoms with Crippen molar-refractivity contribution in [3.63, 3.8) is 0 Å². The Morgan fingerprint density at radius 1 is 1.25 bits per heavy atom. The van der Waals surface area contributed by atoms with Gasteiger partial charge in [0.1, 0.15) is 0 Å². The zero-order chi connectivity index (χ0) is 14.2. The highest BCUT2D eigenvalue weighted by Crippen LogP contribution is 2.23. The average Bonchev–Trinajstić information content (AvgIpc) is 2.92. The second-order valence-corrected chi connectivity index (χ2v) is 6.17. The van der Waals surface area contributed by atoms with Crippen molar-refractivity contribution in [2.45, 2.75) is 56.8 Å². The zero-order valence-electron chi connectivity index (χ0n) is 12.3. The molecule has 3 N–H and O–H groups in total. The predicted molar refractivity (Wildman–Crippen MR) is 76.6 cm³/mol. The molecule has 0 aromatic rings. The van der Waals surface area contributed by atoms with E-state index in [0.29, 0.717) is 25.7 Å². The molecule has 2 rings (SSSR count). The molecule has 0 bridgehead atoms. The number of aliphatic hydroxyl groups excluding tert-OH is 2. The number of ether oxygens (including phenoxy) is 2. The third-order valence-corrected chi connectivity index (χ3v) is 4.21. The van der Waals surface area contributed by atoms with E-state index in [2.05, 4.69) is 5.32 Å². The molecule has 0 spiro atoms. The Hall–Kier alpha value is -0.200. The summed E-state index contributed by atoms with van der Waals surface area (Å²) in [6.07, 6.45) is 5.92. The minimum absolute atomic E-state index is 0.129. The Bertz CT molecular complexity index is 258. The van der Waals surface area contributed by atoms with Crippen LogP contribution in [0.25, 0.3) is 0 Å². The molecule has 1 saturated carbocycles. The van der Waals surface area contributed by atoms with Gasteiger partial charge in [-0.05, 0) is 44.6 Å². The van der Waals surface area contributed by atoms with Gasteiger partial charge in [-0.15, -0.1) is 0 Å². The first-order valence-electron chi connectivity index (χ1n) is 8.00. The second kappa shape index (κ2) is 8.95. The number of nitrogens with one attached hydrogen (secondary N) is 1. The summed E-state index contributed by atoms with van der Waals surface area (Å²) in [5.74, 6) is 0.541. The Labute approximate surface area is 121 Å². The molecule has 2 aliphatic rings. The summed E-state index contributed by atoms with van der Waals surface area (Å²) >= 11 is 0. The third kappa shape index (κ3) is 6.06. The van der Waals surface area contributed by atoms with Crippen LogP contribution < -0.4 is 5.32 Å². The van der Waals surface area contributed by atoms with Crippen LogP contribution in [0.2, 0.25) is 0 Å². The summed E-state index contributed by atoms with van der Waals surface area (Å²) in [7, 11) is 0. The lowest BCUT2D eigenvalue weighted by molar-refractivity contribution is -0.0167. The van der Waals surface area contributed by atoms with E-state index in [0.717, 1.165) is 45.3 Å². The molecule has 5 heteroatoms. The van der Waals surface area contributed by atoms with E-state index >= 15 is 0 Å². The van der Waals surface area contributed by atoms with E-state index in [-0.39, 0.29) is 12.2 Å². The Balaban J connectivity index is 1.46. The van der Waals surface area contributed by atoms with Gasteiger partial charge in [0.15, 0.2) is 0 Å². The first-order valence-corrected chi connectivity index (χ1v) is 8.00. The standard InChI is InChI=1S/C15H29NO4/c17-13-4-1-3-12(7-13)8-16-9-14(18)10-19-11-15-5-2-6-20-15/h12-18H,1-11H2. The Morgan fingerprint density at radius 3 is 2.90 bits per heavy atom. The van der Waals surface area contributed by atoms with Crippen LogP contribution in [0.4, 0.5) is 0 Å². The molecular weight excluding hydrogens is 258 g/mol. The first-order chi connectivity index (χ1) is 9.74. The molecule has 0 radical (unpaired) electrons. The van der Waals surface area contributed by atoms with E-state index in [1.54, 1.807) is 0 Å². The van der Waals surface area contributed by atoms with Crippen molar-refractivity contribution in [1.29, 1.82) is 0 Å². The Kier molecular flexibility index (Phi) is 7.24. The largest absolute Gasteiger partial charge is 0.393 e. The molecule has 0 aromatic carbocycles. The smallest absolute Gasteiger partial charge is 0.0897 e. The van der Waals surface area contributed by atoms with E-state index in [9.17, 15) is 10.2 Å². The van der Waals surface area contributed by atoms with Crippen LogP contribution in [0, 0.1) is 5.92 Å². The normalized spacial score (nSPS) is 32.4. The predicted octanol–water partition coefficient (Wildman–Crippen LogP) is 0.684. The van der Waals surface area contributed by atoms with Crippen LogP contribution in [0.1, 0.15) is 38.5 Å². The molecule has 1 aliphatic carbocycles. The van der Waals surface area contributed by atoms with E-state index < -0.39 is 6.10 Å². The van der Waals surface area contributed by atoms with Gasteiger partial charge in [0, 0.05) is 13.2 Å². The fraction of sp³-hybridized carbons (Fsp3) is 1.00. The van der Waals surface area contributed by atoms with Crippen LogP contribution in [0.15, 0.2) is 0 Å². The molecular formula is C15H29NO4. The molecule has 4 unspecified atom stereocenters. The molecule has 0 amide bonds. The summed E-state index contributed by atoms with van der Waals surface area (Å²) in [4.78, 5) is 0. The molecule has 20 heavy (non-hydrogen) atoms. The number of aliphatic hydroxyl groups is 2. The lowest BCUT2D eigenvalue weighted by Gasteiger charge is -2.26. The van der Waals surface area contributed by atoms with Crippen molar-refractivity contribution in [2.75, 3.05) is 32.9 Å². The SMILES string of the molecule is OC(CNCC1CCCC(O)C1)COCC1CCCO1. The van der Waals surface area contributed by atoms with Crippen molar-refractivity contribution in [2.24, 2.45) is 5.92 Å². The van der Waals surface area contributed by atoms with Gasteiger partial charge in [0.05, 0.1) is 31.5 Å². The number of hydrogen-bond acceptors (Lipinski definition) is 5. The second-order valence-electron chi connectivity index (χ2n) is 6.17. The maximum atomic E-state index is 9.83. The fourth-order valence-corrected chi connectivity index (χ4v) is 3.07. The Morgan fingerprint density at radius 2 is 2.15 bits per heavy atom. The maximum absolute atomic E-state index is 9.83. The van der Waals surface area contributed by atoms with Gasteiger partial charge in [-0.1, -0.05) is 6.42 Å². The van der Waals surface area contributed by atoms with E-state index in [1.807, 2.05) is 0 Å². The van der Waals surface area contributed by atoms with Gasteiger partial charge in [0.25, 0.3) is 0 Å². The summed E-state index contributed by atoms with van der Waals surface area (Å²) in [6.45, 7) is 3.22. The molecule has 4 atom stereocenters. The summed E-state index contributed by atoms with van der Waals surface area (Å²) in [6, 6.07) is 0. The molecule has 5 nitrogen and oxygen atoms in total. The fourth-order valence-electron chi connectivity index (χ4n) is 3.07. The van der Waals surface area contributed by atoms with Crippen molar-refractivity contribution in [3.05, 3.63) is 0 Å². The highest BCUT2D eigenvalue weighted by molar-refractivity contribution is 4.74. The van der Waals surface area contributed by atoms with Gasteiger partial charge < -0.3 is 25.0 Å². The third-order valence-electron chi connectivity index (χ3n) is 4.21. The van der Waals surface area contributed by atoms with Gasteiger partial charge in [-0.25, -0.2) is 0 Å². The molecule has 1 heterocycles. The lowest BCUT2D eigenvalue weighted by Crippen LogP contribution is -2.36. The van der Waals surface area contributed by atoms with Crippen LogP contribution in [0.3, 0.4) is 0 Å². The topological polar surface area (TPSA) is 71.0 Å². The van der Waals surface area contributed by atoms with Crippen molar-refractivity contribution >= 4 is 0 Å². The van der Waals surface area contributed by atoms with E-state index in [1.165, 1.54) is 6.42 Å². The summed E-state index contributed by atoms with van der Waals surface area (Å²) < 4.78 is 10.9. The van der Waals surface area contributed by atoms with Crippen molar-refractivity contribution in [1.82, 2.24) is 5.32 Å².